The van der Waals surface area contributed by atoms with Gasteiger partial charge in [0.05, 0.1) is 9.79 Å². The number of sulfone groups is 2. The molecule has 6 N–H and O–H groups in total. The van der Waals surface area contributed by atoms with Gasteiger partial charge < -0.3 is 30.6 Å². The number of hydrogen-bond donors (Lipinski definition) is 6. The van der Waals surface area contributed by atoms with Crippen LogP contribution in [-0.2, 0) is 19.7 Å². The molecule has 178 valence electrons. The summed E-state index contributed by atoms with van der Waals surface area (Å²) in [5.74, 6) is 0. The average molecular weight is 491 g/mol. The van der Waals surface area contributed by atoms with Crippen molar-refractivity contribution in [3.05, 3.63) is 59.7 Å². The highest BCUT2D eigenvalue weighted by atomic mass is 32.2. The van der Waals surface area contributed by atoms with Gasteiger partial charge in [0.1, 0.15) is 24.4 Å². The van der Waals surface area contributed by atoms with E-state index in [-0.39, 0.29) is 9.79 Å². The van der Waals surface area contributed by atoms with Crippen LogP contribution in [0.1, 0.15) is 11.1 Å². The molecule has 0 saturated carbocycles. The van der Waals surface area contributed by atoms with Gasteiger partial charge in [-0.2, -0.15) is 0 Å². The highest BCUT2D eigenvalue weighted by Gasteiger charge is 2.44. The smallest absolute Gasteiger partial charge is 0.207 e. The molecule has 2 aromatic carbocycles. The van der Waals surface area contributed by atoms with Crippen molar-refractivity contribution in [1.29, 1.82) is 0 Å². The second-order valence-corrected chi connectivity index (χ2v) is 11.5. The van der Waals surface area contributed by atoms with Gasteiger partial charge in [0.25, 0.3) is 0 Å². The molecule has 0 aliphatic carbocycles. The molecule has 0 fully saturated rings. The minimum atomic E-state index is -4.58. The van der Waals surface area contributed by atoms with Crippen LogP contribution in [0.15, 0.2) is 58.3 Å². The Morgan fingerprint density at radius 3 is 1.00 bits per heavy atom. The lowest BCUT2D eigenvalue weighted by Crippen LogP contribution is -2.54. The zero-order valence-electron chi connectivity index (χ0n) is 17.2. The first-order valence-corrected chi connectivity index (χ1v) is 12.5. The average Bonchev–Trinajstić information content (AvgIpc) is 2.76. The molecule has 10 nitrogen and oxygen atoms in total. The molecule has 32 heavy (non-hydrogen) atoms. The number of aliphatic hydroxyl groups is 6. The Balaban J connectivity index is 2.21. The van der Waals surface area contributed by atoms with Crippen molar-refractivity contribution in [3.8, 4) is 0 Å². The normalized spacial score (nSPS) is 18.4. The molecule has 0 aliphatic rings. The SMILES string of the molecule is Cc1ccc(S(=O)(=O)C(O)[C@@H](O)[C@H](O)[C@H](O)[C@@H](O)C(O)S(=O)(=O)c2ccc(C)cc2)cc1. The van der Waals surface area contributed by atoms with E-state index in [1.807, 2.05) is 0 Å². The minimum absolute atomic E-state index is 0.376. The van der Waals surface area contributed by atoms with Crippen LogP contribution < -0.4 is 0 Å². The van der Waals surface area contributed by atoms with E-state index in [0.717, 1.165) is 35.4 Å². The molecule has 0 bridgehead atoms. The molecule has 0 aliphatic heterocycles. The molecule has 0 heterocycles. The lowest BCUT2D eigenvalue weighted by atomic mass is 10.0. The molecule has 0 saturated heterocycles. The Bertz CT molecular complexity index is 1020. The standard InChI is InChI=1S/C20H26O10S2/c1-11-3-7-13(8-4-11)31(27,28)19(25)17(23)15(21)16(22)18(24)20(26)32(29,30)14-9-5-12(2)6-10-14/h3-10,15-26H,1-2H3/t15-,16+,17+,18-,19?,20?. The third-order valence-electron chi connectivity index (χ3n) is 4.97. The summed E-state index contributed by atoms with van der Waals surface area (Å²) < 4.78 is 49.9. The van der Waals surface area contributed by atoms with E-state index in [0.29, 0.717) is 0 Å². The second-order valence-electron chi connectivity index (χ2n) is 7.46. The molecule has 12 heteroatoms. The summed E-state index contributed by atoms with van der Waals surface area (Å²) in [6.07, 6.45) is -10.1. The van der Waals surface area contributed by atoms with Gasteiger partial charge in [-0.1, -0.05) is 35.4 Å². The van der Waals surface area contributed by atoms with E-state index in [2.05, 4.69) is 0 Å². The van der Waals surface area contributed by atoms with Crippen LogP contribution in [0.5, 0.6) is 0 Å². The highest BCUT2D eigenvalue weighted by Crippen LogP contribution is 2.23. The predicted octanol–water partition coefficient (Wildman–Crippen LogP) is -1.37. The van der Waals surface area contributed by atoms with Crippen molar-refractivity contribution in [3.63, 3.8) is 0 Å². The fourth-order valence-electron chi connectivity index (χ4n) is 2.84. The van der Waals surface area contributed by atoms with Gasteiger partial charge >= 0.3 is 0 Å². The summed E-state index contributed by atoms with van der Waals surface area (Å²) in [5, 5.41) is 60.6. The molecule has 2 rings (SSSR count). The van der Waals surface area contributed by atoms with Crippen molar-refractivity contribution >= 4 is 19.7 Å². The van der Waals surface area contributed by atoms with E-state index in [1.54, 1.807) is 13.8 Å². The topological polar surface area (TPSA) is 190 Å². The van der Waals surface area contributed by atoms with Crippen LogP contribution >= 0.6 is 0 Å². The summed E-state index contributed by atoms with van der Waals surface area (Å²) in [6, 6.07) is 10.4. The first kappa shape index (κ1) is 26.4. The van der Waals surface area contributed by atoms with Gasteiger partial charge in [-0.3, -0.25) is 0 Å². The van der Waals surface area contributed by atoms with Gasteiger partial charge in [0, 0.05) is 0 Å². The molecule has 0 aromatic heterocycles. The fourth-order valence-corrected chi connectivity index (χ4v) is 5.49. The summed E-state index contributed by atoms with van der Waals surface area (Å²) >= 11 is 0. The Kier molecular flexibility index (Phi) is 8.18. The third kappa shape index (κ3) is 5.35. The lowest BCUT2D eigenvalue weighted by molar-refractivity contribution is -0.133. The summed E-state index contributed by atoms with van der Waals surface area (Å²) in [6.45, 7) is 3.39. The fraction of sp³-hybridized carbons (Fsp3) is 0.400. The van der Waals surface area contributed by atoms with Crippen LogP contribution in [0.4, 0.5) is 0 Å². The van der Waals surface area contributed by atoms with Crippen LogP contribution in [0.25, 0.3) is 0 Å². The molecular weight excluding hydrogens is 464 g/mol. The summed E-state index contributed by atoms with van der Waals surface area (Å²) in [4.78, 5) is -0.752. The molecule has 2 aromatic rings. The number of benzene rings is 2. The lowest BCUT2D eigenvalue weighted by Gasteiger charge is -2.30. The monoisotopic (exact) mass is 490 g/mol. The molecular formula is C20H26O10S2. The van der Waals surface area contributed by atoms with Gasteiger partial charge in [-0.05, 0) is 38.1 Å². The van der Waals surface area contributed by atoms with E-state index >= 15 is 0 Å². The quantitative estimate of drug-likeness (QED) is 0.245. The molecule has 0 amide bonds. The summed E-state index contributed by atoms with van der Waals surface area (Å²) in [5.41, 5.74) is -3.79. The number of hydrogen-bond acceptors (Lipinski definition) is 10. The van der Waals surface area contributed by atoms with Gasteiger partial charge in [-0.15, -0.1) is 0 Å². The minimum Gasteiger partial charge on any atom is -0.387 e. The Hall–Kier alpha value is -1.90. The molecule has 0 spiro atoms. The van der Waals surface area contributed by atoms with Crippen molar-refractivity contribution in [2.75, 3.05) is 0 Å². The third-order valence-corrected chi connectivity index (χ3v) is 8.66. The largest absolute Gasteiger partial charge is 0.387 e. The Labute approximate surface area is 185 Å². The van der Waals surface area contributed by atoms with Gasteiger partial charge in [-0.25, -0.2) is 16.8 Å². The number of aryl methyl sites for hydroxylation is 2. The first-order chi connectivity index (χ1) is 14.7. The summed E-state index contributed by atoms with van der Waals surface area (Å²) in [7, 11) is -9.17. The van der Waals surface area contributed by atoms with Gasteiger partial charge in [0.2, 0.25) is 19.7 Å². The second kappa shape index (κ2) is 9.93. The number of aliphatic hydroxyl groups excluding tert-OH is 6. The van der Waals surface area contributed by atoms with Crippen LogP contribution in [-0.4, -0.2) is 82.8 Å². The van der Waals surface area contributed by atoms with Crippen molar-refractivity contribution in [1.82, 2.24) is 0 Å². The maximum atomic E-state index is 12.5. The highest BCUT2D eigenvalue weighted by molar-refractivity contribution is 7.92. The van der Waals surface area contributed by atoms with E-state index in [4.69, 9.17) is 0 Å². The van der Waals surface area contributed by atoms with Crippen molar-refractivity contribution in [2.24, 2.45) is 0 Å². The zero-order valence-corrected chi connectivity index (χ0v) is 18.8. The maximum Gasteiger partial charge on any atom is 0.207 e. The van der Waals surface area contributed by atoms with E-state index in [9.17, 15) is 47.5 Å². The molecule has 6 atom stereocenters. The number of rotatable bonds is 9. The van der Waals surface area contributed by atoms with Crippen LogP contribution in [0.2, 0.25) is 0 Å². The Morgan fingerprint density at radius 2 is 0.750 bits per heavy atom. The Morgan fingerprint density at radius 1 is 0.500 bits per heavy atom. The zero-order chi connectivity index (χ0) is 24.4. The van der Waals surface area contributed by atoms with E-state index in [1.165, 1.54) is 24.3 Å². The molecule has 0 radical (unpaired) electrons. The van der Waals surface area contributed by atoms with Crippen LogP contribution in [0.3, 0.4) is 0 Å². The predicted molar refractivity (Wildman–Crippen MR) is 113 cm³/mol. The van der Waals surface area contributed by atoms with E-state index < -0.39 is 55.0 Å². The van der Waals surface area contributed by atoms with Crippen molar-refractivity contribution < 1.29 is 47.5 Å². The van der Waals surface area contributed by atoms with Crippen molar-refractivity contribution in [2.45, 2.75) is 58.9 Å². The van der Waals surface area contributed by atoms with Crippen LogP contribution in [0, 0.1) is 13.8 Å². The maximum absolute atomic E-state index is 12.5. The first-order valence-electron chi connectivity index (χ1n) is 9.40. The molecule has 2 unspecified atom stereocenters. The van der Waals surface area contributed by atoms with Gasteiger partial charge in [0.15, 0.2) is 10.9 Å².